The number of thiazole rings is 1. The Morgan fingerprint density at radius 2 is 2.07 bits per heavy atom. The molecule has 3 heterocycles. The Balaban J connectivity index is 1.49. The molecule has 1 aliphatic heterocycles. The van der Waals surface area contributed by atoms with Crippen molar-refractivity contribution in [3.63, 3.8) is 0 Å². The van der Waals surface area contributed by atoms with Crippen LogP contribution in [-0.2, 0) is 0 Å². The van der Waals surface area contributed by atoms with Crippen molar-refractivity contribution in [1.82, 2.24) is 20.0 Å². The lowest BCUT2D eigenvalue weighted by Crippen LogP contribution is -2.41. The summed E-state index contributed by atoms with van der Waals surface area (Å²) in [5, 5.41) is 7.78. The van der Waals surface area contributed by atoms with E-state index in [1.165, 1.54) is 0 Å². The van der Waals surface area contributed by atoms with Crippen LogP contribution in [0.3, 0.4) is 0 Å². The van der Waals surface area contributed by atoms with Crippen LogP contribution >= 0.6 is 11.3 Å². The van der Waals surface area contributed by atoms with Gasteiger partial charge in [-0.3, -0.25) is 5.32 Å². The van der Waals surface area contributed by atoms with Crippen molar-refractivity contribution in [1.29, 1.82) is 0 Å². The highest BCUT2D eigenvalue weighted by molar-refractivity contribution is 7.15. The van der Waals surface area contributed by atoms with E-state index in [0.717, 1.165) is 28.3 Å². The van der Waals surface area contributed by atoms with Crippen molar-refractivity contribution < 1.29 is 9.32 Å². The number of nitrogens with one attached hydrogen (secondary N) is 1. The maximum Gasteiger partial charge on any atom is 0.323 e. The van der Waals surface area contributed by atoms with Gasteiger partial charge in [-0.05, 0) is 32.3 Å². The van der Waals surface area contributed by atoms with Gasteiger partial charge in [-0.2, -0.15) is 4.98 Å². The van der Waals surface area contributed by atoms with E-state index in [1.807, 2.05) is 37.3 Å². The lowest BCUT2D eigenvalue weighted by atomic mass is 9.98. The van der Waals surface area contributed by atoms with Crippen LogP contribution in [-0.4, -0.2) is 39.1 Å². The SMILES string of the molecule is Cc1noc(C2CCCN(C(=O)Nc3nc(C)sc3-c3ccccc3)C2)n1. The molecule has 1 aromatic carbocycles. The number of urea groups is 1. The highest BCUT2D eigenvalue weighted by Gasteiger charge is 2.29. The van der Waals surface area contributed by atoms with Gasteiger partial charge >= 0.3 is 6.03 Å². The van der Waals surface area contributed by atoms with Gasteiger partial charge in [-0.1, -0.05) is 35.5 Å². The number of hydrogen-bond acceptors (Lipinski definition) is 6. The smallest absolute Gasteiger partial charge is 0.323 e. The lowest BCUT2D eigenvalue weighted by Gasteiger charge is -2.30. The van der Waals surface area contributed by atoms with E-state index in [-0.39, 0.29) is 11.9 Å². The van der Waals surface area contributed by atoms with Gasteiger partial charge in [0, 0.05) is 13.1 Å². The maximum absolute atomic E-state index is 12.9. The fourth-order valence-electron chi connectivity index (χ4n) is 3.32. The van der Waals surface area contributed by atoms with Gasteiger partial charge in [0.1, 0.15) is 0 Å². The Morgan fingerprint density at radius 1 is 1.26 bits per heavy atom. The maximum atomic E-state index is 12.9. The number of rotatable bonds is 3. The summed E-state index contributed by atoms with van der Waals surface area (Å²) in [5.41, 5.74) is 1.05. The number of aromatic nitrogens is 3. The standard InChI is InChI=1S/C19H21N5O2S/c1-12-20-18(26-23-12)15-9-6-10-24(11-15)19(25)22-17-16(27-13(2)21-17)14-7-4-3-5-8-14/h3-5,7-8,15H,6,9-11H2,1-2H3,(H,22,25). The summed E-state index contributed by atoms with van der Waals surface area (Å²) in [6.07, 6.45) is 1.84. The van der Waals surface area contributed by atoms with Crippen LogP contribution in [0, 0.1) is 13.8 Å². The molecule has 1 N–H and O–H groups in total. The number of nitrogens with zero attached hydrogens (tertiary/aromatic N) is 4. The first-order chi connectivity index (χ1) is 13.1. The molecule has 1 unspecified atom stereocenters. The molecule has 0 bridgehead atoms. The molecule has 2 aromatic heterocycles. The molecule has 1 fully saturated rings. The highest BCUT2D eigenvalue weighted by atomic mass is 32.1. The zero-order valence-electron chi connectivity index (χ0n) is 15.3. The van der Waals surface area contributed by atoms with Crippen molar-refractivity contribution in [2.75, 3.05) is 18.4 Å². The molecule has 4 rings (SSSR count). The first-order valence-electron chi connectivity index (χ1n) is 8.99. The number of carbonyl (C=O) groups is 1. The molecular weight excluding hydrogens is 362 g/mol. The third-order valence-corrected chi connectivity index (χ3v) is 5.62. The summed E-state index contributed by atoms with van der Waals surface area (Å²) < 4.78 is 5.30. The van der Waals surface area contributed by atoms with Gasteiger partial charge in [0.05, 0.1) is 15.8 Å². The monoisotopic (exact) mass is 383 g/mol. The number of aryl methyl sites for hydroxylation is 2. The van der Waals surface area contributed by atoms with E-state index in [2.05, 4.69) is 20.4 Å². The van der Waals surface area contributed by atoms with Crippen LogP contribution in [0.5, 0.6) is 0 Å². The summed E-state index contributed by atoms with van der Waals surface area (Å²) in [6.45, 7) is 5.02. The second-order valence-corrected chi connectivity index (χ2v) is 7.87. The van der Waals surface area contributed by atoms with Crippen molar-refractivity contribution >= 4 is 23.2 Å². The van der Waals surface area contributed by atoms with E-state index in [1.54, 1.807) is 23.2 Å². The van der Waals surface area contributed by atoms with Crippen molar-refractivity contribution in [3.8, 4) is 10.4 Å². The minimum Gasteiger partial charge on any atom is -0.339 e. The Kier molecular flexibility index (Phi) is 4.89. The number of likely N-dealkylation sites (tertiary alicyclic amines) is 1. The number of anilines is 1. The van der Waals surface area contributed by atoms with Crippen LogP contribution in [0.2, 0.25) is 0 Å². The molecule has 0 radical (unpaired) electrons. The molecule has 7 nitrogen and oxygen atoms in total. The van der Waals surface area contributed by atoms with E-state index in [0.29, 0.717) is 30.6 Å². The highest BCUT2D eigenvalue weighted by Crippen LogP contribution is 2.34. The fourth-order valence-corrected chi connectivity index (χ4v) is 4.20. The minimum absolute atomic E-state index is 0.0801. The van der Waals surface area contributed by atoms with Crippen LogP contribution in [0.15, 0.2) is 34.9 Å². The van der Waals surface area contributed by atoms with Gasteiger partial charge in [0.15, 0.2) is 11.6 Å². The summed E-state index contributed by atoms with van der Waals surface area (Å²) in [7, 11) is 0. The molecule has 1 aliphatic rings. The normalized spacial score (nSPS) is 17.1. The quantitative estimate of drug-likeness (QED) is 0.732. The Morgan fingerprint density at radius 3 is 2.81 bits per heavy atom. The molecule has 0 saturated carbocycles. The average molecular weight is 383 g/mol. The van der Waals surface area contributed by atoms with Gasteiger partial charge in [-0.15, -0.1) is 11.3 Å². The molecule has 2 amide bonds. The van der Waals surface area contributed by atoms with E-state index in [9.17, 15) is 4.79 Å². The molecule has 1 atom stereocenters. The molecule has 140 valence electrons. The first-order valence-corrected chi connectivity index (χ1v) is 9.81. The summed E-state index contributed by atoms with van der Waals surface area (Å²) in [6, 6.07) is 9.85. The van der Waals surface area contributed by atoms with Crippen molar-refractivity contribution in [2.24, 2.45) is 0 Å². The number of hydrogen-bond donors (Lipinski definition) is 1. The number of benzene rings is 1. The van der Waals surface area contributed by atoms with Crippen LogP contribution in [0.25, 0.3) is 10.4 Å². The predicted molar refractivity (Wildman–Crippen MR) is 104 cm³/mol. The third-order valence-electron chi connectivity index (χ3n) is 4.60. The summed E-state index contributed by atoms with van der Waals surface area (Å²) in [5.74, 6) is 1.93. The van der Waals surface area contributed by atoms with Crippen LogP contribution in [0.1, 0.15) is 35.5 Å². The van der Waals surface area contributed by atoms with Gasteiger partial charge < -0.3 is 9.42 Å². The summed E-state index contributed by atoms with van der Waals surface area (Å²) >= 11 is 1.58. The third kappa shape index (κ3) is 3.85. The number of piperidine rings is 1. The van der Waals surface area contributed by atoms with Gasteiger partial charge in [0.25, 0.3) is 0 Å². The zero-order chi connectivity index (χ0) is 18.8. The molecule has 1 saturated heterocycles. The topological polar surface area (TPSA) is 84.2 Å². The van der Waals surface area contributed by atoms with Gasteiger partial charge in [-0.25, -0.2) is 9.78 Å². The number of carbonyl (C=O) groups excluding carboxylic acids is 1. The fraction of sp³-hybridized carbons (Fsp3) is 0.368. The molecular formula is C19H21N5O2S. The molecule has 27 heavy (non-hydrogen) atoms. The Hall–Kier alpha value is -2.74. The molecule has 3 aromatic rings. The molecule has 0 spiro atoms. The van der Waals surface area contributed by atoms with Crippen LogP contribution in [0.4, 0.5) is 10.6 Å². The lowest BCUT2D eigenvalue weighted by molar-refractivity contribution is 0.184. The van der Waals surface area contributed by atoms with E-state index in [4.69, 9.17) is 4.52 Å². The predicted octanol–water partition coefficient (Wildman–Crippen LogP) is 4.22. The second-order valence-electron chi connectivity index (χ2n) is 6.67. The molecule has 8 heteroatoms. The Labute approximate surface area is 161 Å². The summed E-state index contributed by atoms with van der Waals surface area (Å²) in [4.78, 5) is 24.5. The minimum atomic E-state index is -0.140. The Bertz CT molecular complexity index is 937. The average Bonchev–Trinajstić information content (AvgIpc) is 3.28. The van der Waals surface area contributed by atoms with Crippen LogP contribution < -0.4 is 5.32 Å². The van der Waals surface area contributed by atoms with Crippen molar-refractivity contribution in [2.45, 2.75) is 32.6 Å². The van der Waals surface area contributed by atoms with Crippen molar-refractivity contribution in [3.05, 3.63) is 47.1 Å². The van der Waals surface area contributed by atoms with Gasteiger partial charge in [0.2, 0.25) is 5.89 Å². The van der Waals surface area contributed by atoms with E-state index >= 15 is 0 Å². The molecule has 0 aliphatic carbocycles. The number of amides is 2. The second kappa shape index (κ2) is 7.48. The first kappa shape index (κ1) is 17.7. The van der Waals surface area contributed by atoms with E-state index < -0.39 is 0 Å². The largest absolute Gasteiger partial charge is 0.339 e. The zero-order valence-corrected chi connectivity index (χ0v) is 16.1.